The van der Waals surface area contributed by atoms with E-state index in [1.807, 2.05) is 31.2 Å². The van der Waals surface area contributed by atoms with Crippen LogP contribution in [0.4, 0.5) is 5.82 Å². The van der Waals surface area contributed by atoms with Gasteiger partial charge in [0.2, 0.25) is 5.91 Å². The van der Waals surface area contributed by atoms with E-state index in [9.17, 15) is 9.59 Å². The summed E-state index contributed by atoms with van der Waals surface area (Å²) < 4.78 is 12.8. The summed E-state index contributed by atoms with van der Waals surface area (Å²) in [5.41, 5.74) is 7.68. The van der Waals surface area contributed by atoms with E-state index in [1.54, 1.807) is 29.1 Å². The lowest BCUT2D eigenvalue weighted by Crippen LogP contribution is -2.24. The summed E-state index contributed by atoms with van der Waals surface area (Å²) in [6, 6.07) is 12.6. The van der Waals surface area contributed by atoms with Crippen LogP contribution in [0.15, 0.2) is 48.7 Å². The highest BCUT2D eigenvalue weighted by Gasteiger charge is 2.31. The van der Waals surface area contributed by atoms with E-state index in [1.165, 1.54) is 0 Å². The molecule has 2 amide bonds. The maximum Gasteiger partial charge on any atom is 0.255 e. The van der Waals surface area contributed by atoms with Gasteiger partial charge in [-0.25, -0.2) is 4.68 Å². The summed E-state index contributed by atoms with van der Waals surface area (Å²) >= 11 is 6.12. The molecule has 0 radical (unpaired) electrons. The quantitative estimate of drug-likeness (QED) is 0.586. The Bertz CT molecular complexity index is 1140. The number of nitrogens with zero attached hydrogens (tertiary/aromatic N) is 2. The highest BCUT2D eigenvalue weighted by atomic mass is 35.5. The molecule has 9 heteroatoms. The molecule has 31 heavy (non-hydrogen) atoms. The number of carbonyl (C=O) groups is 2. The number of primary amides is 1. The average Bonchev–Trinajstić information content (AvgIpc) is 3.16. The average molecular weight is 441 g/mol. The van der Waals surface area contributed by atoms with Gasteiger partial charge in [0.1, 0.15) is 5.82 Å². The van der Waals surface area contributed by atoms with E-state index >= 15 is 0 Å². The maximum absolute atomic E-state index is 12.5. The number of halogens is 1. The number of amides is 2. The van der Waals surface area contributed by atoms with Crippen LogP contribution in [0, 0.1) is 0 Å². The van der Waals surface area contributed by atoms with Crippen molar-refractivity contribution in [3.63, 3.8) is 0 Å². The first kappa shape index (κ1) is 20.7. The van der Waals surface area contributed by atoms with Gasteiger partial charge >= 0.3 is 0 Å². The topological polar surface area (TPSA) is 108 Å². The van der Waals surface area contributed by atoms with Crippen LogP contribution in [0.3, 0.4) is 0 Å². The molecule has 3 aromatic rings. The Labute approximate surface area is 183 Å². The molecule has 8 nitrogen and oxygen atoms in total. The van der Waals surface area contributed by atoms with Gasteiger partial charge in [-0.3, -0.25) is 9.59 Å². The molecule has 0 fully saturated rings. The van der Waals surface area contributed by atoms with Gasteiger partial charge in [-0.05, 0) is 42.8 Å². The fourth-order valence-corrected chi connectivity index (χ4v) is 3.78. The van der Waals surface area contributed by atoms with E-state index in [0.717, 1.165) is 16.8 Å². The normalized spacial score (nSPS) is 15.2. The second-order valence-corrected chi connectivity index (χ2v) is 7.48. The molecule has 0 aliphatic carbocycles. The summed E-state index contributed by atoms with van der Waals surface area (Å²) in [6.45, 7) is 2.02. The van der Waals surface area contributed by atoms with Gasteiger partial charge in [0.15, 0.2) is 18.1 Å². The summed E-state index contributed by atoms with van der Waals surface area (Å²) in [7, 11) is 0. The molecule has 160 valence electrons. The van der Waals surface area contributed by atoms with Crippen molar-refractivity contribution in [1.29, 1.82) is 0 Å². The third-order valence-corrected chi connectivity index (χ3v) is 5.15. The first-order chi connectivity index (χ1) is 15.0. The predicted octanol–water partition coefficient (Wildman–Crippen LogP) is 3.26. The fourth-order valence-electron chi connectivity index (χ4n) is 3.60. The summed E-state index contributed by atoms with van der Waals surface area (Å²) in [4.78, 5) is 23.6. The summed E-state index contributed by atoms with van der Waals surface area (Å²) in [5.74, 6) is 0.592. The number of ether oxygens (including phenoxy) is 2. The van der Waals surface area contributed by atoms with Gasteiger partial charge in [-0.15, -0.1) is 0 Å². The van der Waals surface area contributed by atoms with E-state index < -0.39 is 5.91 Å². The number of fused-ring (bicyclic) bond motifs is 1. The van der Waals surface area contributed by atoms with Crippen LogP contribution in [0.2, 0.25) is 5.02 Å². The standard InChI is InChI=1S/C22H21ClN4O4/c1-2-30-19-8-13(6-7-18(19)31-12-20(24)28)16-10-21(29)26-22-17(16)11-25-27(22)15-5-3-4-14(23)9-15/h3-9,11,16H,2,10,12H2,1H3,(H2,24,28)(H,26,29)/t16-/m1/s1. The lowest BCUT2D eigenvalue weighted by atomic mass is 9.87. The van der Waals surface area contributed by atoms with Crippen LogP contribution < -0.4 is 20.5 Å². The second-order valence-electron chi connectivity index (χ2n) is 7.04. The van der Waals surface area contributed by atoms with Crippen LogP contribution in [-0.4, -0.2) is 34.8 Å². The Kier molecular flexibility index (Phi) is 5.81. The molecule has 0 bridgehead atoms. The van der Waals surface area contributed by atoms with Gasteiger partial charge in [0.05, 0.1) is 18.5 Å². The molecule has 0 unspecified atom stereocenters. The van der Waals surface area contributed by atoms with Crippen LogP contribution in [-0.2, 0) is 9.59 Å². The Balaban J connectivity index is 1.72. The molecule has 1 aliphatic heterocycles. The number of aromatic nitrogens is 2. The van der Waals surface area contributed by atoms with Gasteiger partial charge in [0, 0.05) is 22.9 Å². The zero-order valence-corrected chi connectivity index (χ0v) is 17.6. The number of nitrogens with one attached hydrogen (secondary N) is 1. The van der Waals surface area contributed by atoms with Gasteiger partial charge < -0.3 is 20.5 Å². The van der Waals surface area contributed by atoms with Gasteiger partial charge in [-0.2, -0.15) is 5.10 Å². The van der Waals surface area contributed by atoms with Gasteiger partial charge in [0.25, 0.3) is 5.91 Å². The molecule has 1 aromatic heterocycles. The van der Waals surface area contributed by atoms with E-state index in [2.05, 4.69) is 10.4 Å². The molecular weight excluding hydrogens is 420 g/mol. The first-order valence-electron chi connectivity index (χ1n) is 9.77. The van der Waals surface area contributed by atoms with Crippen molar-refractivity contribution < 1.29 is 19.1 Å². The van der Waals surface area contributed by atoms with E-state index in [0.29, 0.717) is 28.9 Å². The molecule has 0 saturated carbocycles. The number of carbonyl (C=O) groups excluding carboxylic acids is 2. The van der Waals surface area contributed by atoms with Crippen molar-refractivity contribution >= 4 is 29.2 Å². The molecule has 2 heterocycles. The molecular formula is C22H21ClN4O4. The van der Waals surface area contributed by atoms with Crippen molar-refractivity contribution in [2.75, 3.05) is 18.5 Å². The van der Waals surface area contributed by atoms with Crippen molar-refractivity contribution in [1.82, 2.24) is 9.78 Å². The smallest absolute Gasteiger partial charge is 0.255 e. The fraction of sp³-hybridized carbons (Fsp3) is 0.227. The van der Waals surface area contributed by atoms with E-state index in [4.69, 9.17) is 26.8 Å². The Morgan fingerprint density at radius 2 is 2.10 bits per heavy atom. The molecule has 2 aromatic carbocycles. The third kappa shape index (κ3) is 4.34. The lowest BCUT2D eigenvalue weighted by molar-refractivity contribution is -0.120. The van der Waals surface area contributed by atoms with Crippen LogP contribution in [0.25, 0.3) is 5.69 Å². The maximum atomic E-state index is 12.5. The first-order valence-corrected chi connectivity index (χ1v) is 10.2. The summed E-state index contributed by atoms with van der Waals surface area (Å²) in [6.07, 6.45) is 2.01. The van der Waals surface area contributed by atoms with Crippen LogP contribution in [0.1, 0.15) is 30.4 Å². The van der Waals surface area contributed by atoms with Crippen molar-refractivity contribution in [2.45, 2.75) is 19.3 Å². The second kappa shape index (κ2) is 8.69. The zero-order chi connectivity index (χ0) is 22.0. The molecule has 0 saturated heterocycles. The van der Waals surface area contributed by atoms with E-state index in [-0.39, 0.29) is 24.9 Å². The van der Waals surface area contributed by atoms with Gasteiger partial charge in [-0.1, -0.05) is 23.7 Å². The highest BCUT2D eigenvalue weighted by Crippen LogP contribution is 2.41. The number of hydrogen-bond donors (Lipinski definition) is 2. The minimum Gasteiger partial charge on any atom is -0.490 e. The number of hydrogen-bond acceptors (Lipinski definition) is 5. The van der Waals surface area contributed by atoms with Crippen molar-refractivity contribution in [3.8, 4) is 17.2 Å². The van der Waals surface area contributed by atoms with Crippen molar-refractivity contribution in [2.24, 2.45) is 5.73 Å². The lowest BCUT2D eigenvalue weighted by Gasteiger charge is -2.24. The summed E-state index contributed by atoms with van der Waals surface area (Å²) in [5, 5.41) is 7.98. The largest absolute Gasteiger partial charge is 0.490 e. The Morgan fingerprint density at radius 3 is 2.84 bits per heavy atom. The predicted molar refractivity (Wildman–Crippen MR) is 116 cm³/mol. The number of rotatable bonds is 7. The monoisotopic (exact) mass is 440 g/mol. The molecule has 4 rings (SSSR count). The highest BCUT2D eigenvalue weighted by molar-refractivity contribution is 6.30. The minimum atomic E-state index is -0.575. The number of benzene rings is 2. The van der Waals surface area contributed by atoms with Crippen LogP contribution in [0.5, 0.6) is 11.5 Å². The zero-order valence-electron chi connectivity index (χ0n) is 16.8. The SMILES string of the molecule is CCOc1cc([C@H]2CC(=O)Nc3c2cnn3-c2cccc(Cl)c2)ccc1OCC(N)=O. The Hall–Kier alpha value is -3.52. The minimum absolute atomic E-state index is 0.117. The molecule has 0 spiro atoms. The number of anilines is 1. The third-order valence-electron chi connectivity index (χ3n) is 4.91. The van der Waals surface area contributed by atoms with Crippen molar-refractivity contribution in [3.05, 3.63) is 64.8 Å². The Morgan fingerprint density at radius 1 is 1.26 bits per heavy atom. The molecule has 1 aliphatic rings. The van der Waals surface area contributed by atoms with Crippen LogP contribution >= 0.6 is 11.6 Å². The number of nitrogens with two attached hydrogens (primary N) is 1. The molecule has 1 atom stereocenters. The molecule has 3 N–H and O–H groups in total.